The van der Waals surface area contributed by atoms with Crippen LogP contribution in [0.15, 0.2) is 66.9 Å². The lowest BCUT2D eigenvalue weighted by Crippen LogP contribution is -2.73. The first kappa shape index (κ1) is 29.5. The van der Waals surface area contributed by atoms with Crippen LogP contribution in [0, 0.1) is 0 Å². The first-order valence-electron chi connectivity index (χ1n) is 11.8. The first-order chi connectivity index (χ1) is 18.3. The number of carbonyl (C=O) groups is 1. The summed E-state index contributed by atoms with van der Waals surface area (Å²) >= 11 is 0. The molecule has 0 fully saturated rings. The zero-order valence-corrected chi connectivity index (χ0v) is 20.4. The minimum Gasteiger partial charge on any atom is -0.486 e. The Balaban J connectivity index is 1.76. The molecule has 0 saturated heterocycles. The molecule has 0 saturated carbocycles. The predicted octanol–water partition coefficient (Wildman–Crippen LogP) is 5.48. The van der Waals surface area contributed by atoms with Crippen molar-refractivity contribution < 1.29 is 51.1 Å². The van der Waals surface area contributed by atoms with Gasteiger partial charge in [0.15, 0.2) is 6.54 Å². The van der Waals surface area contributed by atoms with E-state index in [4.69, 9.17) is 9.84 Å². The fourth-order valence-corrected chi connectivity index (χ4v) is 3.62. The van der Waals surface area contributed by atoms with Crippen LogP contribution in [0.25, 0.3) is 11.3 Å². The molecule has 0 spiro atoms. The number of halogens is 6. The number of benzene rings is 2. The van der Waals surface area contributed by atoms with E-state index < -0.39 is 36.4 Å². The van der Waals surface area contributed by atoms with E-state index >= 15 is 0 Å². The number of nitrogens with zero attached hydrogens (tertiary/aromatic N) is 1. The van der Waals surface area contributed by atoms with Gasteiger partial charge < -0.3 is 14.9 Å². The maximum atomic E-state index is 12.8. The number of alkyl halides is 6. The fraction of sp³-hybridized carbons (Fsp3) is 0.296. The molecule has 0 aliphatic rings. The van der Waals surface area contributed by atoms with Gasteiger partial charge in [-0.25, -0.2) is 4.99 Å². The molecule has 208 valence electrons. The summed E-state index contributed by atoms with van der Waals surface area (Å²) in [5, 5.41) is 18.7. The van der Waals surface area contributed by atoms with Crippen molar-refractivity contribution in [2.75, 3.05) is 6.54 Å². The van der Waals surface area contributed by atoms with Crippen molar-refractivity contribution in [1.82, 2.24) is 4.98 Å². The maximum Gasteiger partial charge on any atom is 0.416 e. The van der Waals surface area contributed by atoms with Gasteiger partial charge in [0.05, 0.1) is 16.8 Å². The molecule has 3 N–H and O–H groups in total. The molecule has 39 heavy (non-hydrogen) atoms. The summed E-state index contributed by atoms with van der Waals surface area (Å²) in [6, 6.07) is 13.6. The molecule has 3 rings (SSSR count). The van der Waals surface area contributed by atoms with Crippen LogP contribution in [0.5, 0.6) is 5.75 Å². The lowest BCUT2D eigenvalue weighted by atomic mass is 10.0. The third kappa shape index (κ3) is 9.31. The second-order valence-electron chi connectivity index (χ2n) is 8.61. The number of carboxylic acid groups (broad SMARTS) is 1. The molecule has 1 atom stereocenters. The molecule has 2 aromatic carbocycles. The average Bonchev–Trinajstić information content (AvgIpc) is 2.87. The van der Waals surface area contributed by atoms with Gasteiger partial charge in [-0.15, -0.1) is 0 Å². The molecular formula is C27H25F6N2O4+. The van der Waals surface area contributed by atoms with Gasteiger partial charge in [-0.2, -0.15) is 26.3 Å². The van der Waals surface area contributed by atoms with E-state index in [1.54, 1.807) is 12.1 Å². The molecular weight excluding hydrogens is 530 g/mol. The Hall–Kier alpha value is -4.09. The van der Waals surface area contributed by atoms with Crippen LogP contribution < -0.4 is 9.73 Å². The summed E-state index contributed by atoms with van der Waals surface area (Å²) in [4.78, 5) is 17.4. The molecule has 3 aromatic rings. The fourth-order valence-electron chi connectivity index (χ4n) is 3.62. The molecule has 0 amide bonds. The van der Waals surface area contributed by atoms with Gasteiger partial charge in [-0.05, 0) is 55.3 Å². The largest absolute Gasteiger partial charge is 0.486 e. The highest BCUT2D eigenvalue weighted by Crippen LogP contribution is 2.32. The van der Waals surface area contributed by atoms with Crippen LogP contribution in [-0.4, -0.2) is 39.8 Å². The van der Waals surface area contributed by atoms with E-state index in [1.165, 1.54) is 42.6 Å². The topological polar surface area (TPSA) is 93.6 Å². The number of aliphatic hydroxyl groups is 1. The van der Waals surface area contributed by atoms with E-state index in [2.05, 4.69) is 9.98 Å². The molecule has 0 bridgehead atoms. The van der Waals surface area contributed by atoms with E-state index in [0.29, 0.717) is 28.1 Å². The number of aliphatic hydroxyl groups excluding tert-OH is 1. The van der Waals surface area contributed by atoms with Crippen LogP contribution in [0.1, 0.15) is 48.5 Å². The summed E-state index contributed by atoms with van der Waals surface area (Å²) < 4.78 is 82.6. The number of aromatic nitrogens is 1. The first-order valence-corrected chi connectivity index (χ1v) is 11.8. The highest BCUT2D eigenvalue weighted by molar-refractivity contribution is 5.87. The number of aliphatic carboxylic acids is 1. The number of hydrogen-bond acceptors (Lipinski definition) is 3. The monoisotopic (exact) mass is 555 g/mol. The van der Waals surface area contributed by atoms with Gasteiger partial charge in [-0.3, -0.25) is 9.78 Å². The van der Waals surface area contributed by atoms with Gasteiger partial charge >= 0.3 is 24.2 Å². The molecule has 1 aromatic heterocycles. The Morgan fingerprint density at radius 3 is 2.13 bits per heavy atom. The Labute approximate surface area is 219 Å². The van der Waals surface area contributed by atoms with Crippen molar-refractivity contribution in [1.29, 1.82) is 0 Å². The number of ether oxygens (including phenoxy) is 1. The summed E-state index contributed by atoms with van der Waals surface area (Å²) in [7, 11) is 0. The van der Waals surface area contributed by atoms with Gasteiger partial charge in [-0.1, -0.05) is 18.2 Å². The molecule has 0 radical (unpaired) electrons. The van der Waals surface area contributed by atoms with Crippen molar-refractivity contribution in [3.63, 3.8) is 0 Å². The second kappa shape index (κ2) is 12.6. The Morgan fingerprint density at radius 2 is 1.59 bits per heavy atom. The van der Waals surface area contributed by atoms with Crippen molar-refractivity contribution in [2.45, 2.75) is 44.1 Å². The summed E-state index contributed by atoms with van der Waals surface area (Å²) in [6.45, 7) is 0.0101. The number of pyridine rings is 1. The SMILES string of the molecule is O=C(O)CC[NH+]=C(O)c1ccc(OC(CCCC(F)(F)F)c2ccc(-c3ccc(C(F)(F)F)cc3)nc2)cc1. The standard InChI is InChI=1S/C27H24F6N2O4/c28-26(29,30)14-1-2-23(39-21-10-5-18(6-11-21)25(38)34-15-13-24(36)37)19-7-12-22(35-16-19)17-3-8-20(9-4-17)27(31,32)33/h3-12,16,23H,1-2,13-15H2,(H,34,38)(H,36,37)/p+1. The highest BCUT2D eigenvalue weighted by atomic mass is 19.4. The van der Waals surface area contributed by atoms with E-state index in [1.807, 2.05) is 0 Å². The van der Waals surface area contributed by atoms with Crippen LogP contribution in [-0.2, 0) is 11.0 Å². The van der Waals surface area contributed by atoms with Gasteiger partial charge in [0.25, 0.3) is 0 Å². The minimum absolute atomic E-state index is 0.0101. The zero-order chi connectivity index (χ0) is 28.6. The average molecular weight is 555 g/mol. The number of carboxylic acids is 1. The smallest absolute Gasteiger partial charge is 0.416 e. The summed E-state index contributed by atoms with van der Waals surface area (Å²) in [6.07, 6.45) is -9.61. The molecule has 0 aliphatic carbocycles. The second-order valence-corrected chi connectivity index (χ2v) is 8.61. The van der Waals surface area contributed by atoms with Gasteiger partial charge in [0.2, 0.25) is 0 Å². The summed E-state index contributed by atoms with van der Waals surface area (Å²) in [5.74, 6) is -0.967. The van der Waals surface area contributed by atoms with Gasteiger partial charge in [0, 0.05) is 23.7 Å². The minimum atomic E-state index is -4.47. The van der Waals surface area contributed by atoms with Crippen molar-refractivity contribution in [2.24, 2.45) is 0 Å². The Kier molecular flexibility index (Phi) is 9.55. The van der Waals surface area contributed by atoms with E-state index in [9.17, 15) is 36.2 Å². The van der Waals surface area contributed by atoms with Crippen LogP contribution in [0.2, 0.25) is 0 Å². The molecule has 1 unspecified atom stereocenters. The Morgan fingerprint density at radius 1 is 0.923 bits per heavy atom. The lowest BCUT2D eigenvalue weighted by molar-refractivity contribution is -0.464. The number of hydrogen-bond donors (Lipinski definition) is 3. The van der Waals surface area contributed by atoms with Crippen LogP contribution in [0.3, 0.4) is 0 Å². The highest BCUT2D eigenvalue weighted by Gasteiger charge is 2.30. The van der Waals surface area contributed by atoms with E-state index in [-0.39, 0.29) is 31.7 Å². The normalized spacial score (nSPS) is 13.2. The molecule has 12 heteroatoms. The summed E-state index contributed by atoms with van der Waals surface area (Å²) in [5.41, 5.74) is 0.847. The van der Waals surface area contributed by atoms with Crippen molar-refractivity contribution in [3.8, 4) is 17.0 Å². The van der Waals surface area contributed by atoms with Crippen molar-refractivity contribution in [3.05, 3.63) is 83.6 Å². The molecule has 0 aliphatic heterocycles. The maximum absolute atomic E-state index is 12.8. The third-order valence-electron chi connectivity index (χ3n) is 5.63. The van der Waals surface area contributed by atoms with Crippen LogP contribution in [0.4, 0.5) is 26.3 Å². The van der Waals surface area contributed by atoms with E-state index in [0.717, 1.165) is 12.1 Å². The number of rotatable bonds is 11. The lowest BCUT2D eigenvalue weighted by Gasteiger charge is -2.20. The molecule has 6 nitrogen and oxygen atoms in total. The zero-order valence-electron chi connectivity index (χ0n) is 20.4. The van der Waals surface area contributed by atoms with Crippen LogP contribution >= 0.6 is 0 Å². The Bertz CT molecular complexity index is 1260. The van der Waals surface area contributed by atoms with Gasteiger partial charge in [0.1, 0.15) is 18.3 Å². The predicted molar refractivity (Wildman–Crippen MR) is 129 cm³/mol. The number of nitrogens with one attached hydrogen (secondary N) is 1. The molecule has 1 heterocycles. The van der Waals surface area contributed by atoms with Crippen molar-refractivity contribution >= 4 is 11.9 Å². The third-order valence-corrected chi connectivity index (χ3v) is 5.63. The quantitative estimate of drug-likeness (QED) is 0.166.